The third-order valence-electron chi connectivity index (χ3n) is 3.68. The van der Waals surface area contributed by atoms with Crippen molar-refractivity contribution >= 4 is 35.4 Å². The molecule has 1 heterocycles. The SMILES string of the molecule is CCOC(=O)c1ccccc1NC(=O)CN1C(=O)C(=O)N(CC(C)C)C1=O. The predicted octanol–water partition coefficient (Wildman–Crippen LogP) is 1.25. The van der Waals surface area contributed by atoms with E-state index in [0.29, 0.717) is 4.90 Å². The summed E-state index contributed by atoms with van der Waals surface area (Å²) in [5, 5.41) is 2.47. The van der Waals surface area contributed by atoms with Crippen molar-refractivity contribution < 1.29 is 28.7 Å². The molecule has 0 bridgehead atoms. The Morgan fingerprint density at radius 3 is 2.33 bits per heavy atom. The number of hydrogen-bond acceptors (Lipinski definition) is 6. The maximum absolute atomic E-state index is 12.3. The van der Waals surface area contributed by atoms with Gasteiger partial charge in [0.25, 0.3) is 0 Å². The van der Waals surface area contributed by atoms with E-state index < -0.39 is 36.3 Å². The number of urea groups is 1. The molecule has 2 rings (SSSR count). The molecule has 9 nitrogen and oxygen atoms in total. The number of benzene rings is 1. The number of carbonyl (C=O) groups is 5. The summed E-state index contributed by atoms with van der Waals surface area (Å²) in [5.41, 5.74) is 0.328. The number of anilines is 1. The Morgan fingerprint density at radius 2 is 1.70 bits per heavy atom. The molecule has 1 aromatic rings. The van der Waals surface area contributed by atoms with Gasteiger partial charge in [-0.25, -0.2) is 14.5 Å². The highest BCUT2D eigenvalue weighted by atomic mass is 16.5. The number of carbonyl (C=O) groups excluding carboxylic acids is 5. The van der Waals surface area contributed by atoms with Crippen LogP contribution in [0.25, 0.3) is 0 Å². The lowest BCUT2D eigenvalue weighted by Gasteiger charge is -2.17. The van der Waals surface area contributed by atoms with Crippen LogP contribution in [0.1, 0.15) is 31.1 Å². The van der Waals surface area contributed by atoms with Crippen molar-refractivity contribution in [3.05, 3.63) is 29.8 Å². The van der Waals surface area contributed by atoms with Gasteiger partial charge in [-0.1, -0.05) is 26.0 Å². The van der Waals surface area contributed by atoms with Crippen LogP contribution in [-0.2, 0) is 19.1 Å². The smallest absolute Gasteiger partial charge is 0.340 e. The monoisotopic (exact) mass is 375 g/mol. The summed E-state index contributed by atoms with van der Waals surface area (Å²) in [6, 6.07) is 5.37. The van der Waals surface area contributed by atoms with Crippen molar-refractivity contribution in [3.63, 3.8) is 0 Å². The Bertz CT molecular complexity index is 789. The Hall–Kier alpha value is -3.23. The van der Waals surface area contributed by atoms with Crippen LogP contribution < -0.4 is 5.32 Å². The zero-order valence-electron chi connectivity index (χ0n) is 15.4. The molecular formula is C18H21N3O6. The van der Waals surface area contributed by atoms with Crippen LogP contribution in [-0.4, -0.2) is 59.2 Å². The van der Waals surface area contributed by atoms with Crippen LogP contribution in [0.15, 0.2) is 24.3 Å². The van der Waals surface area contributed by atoms with E-state index in [4.69, 9.17) is 4.74 Å². The van der Waals surface area contributed by atoms with Crippen molar-refractivity contribution in [3.8, 4) is 0 Å². The van der Waals surface area contributed by atoms with Gasteiger partial charge in [0.1, 0.15) is 6.54 Å². The Balaban J connectivity index is 2.10. The lowest BCUT2D eigenvalue weighted by atomic mass is 10.2. The standard InChI is InChI=1S/C18H21N3O6/c1-4-27-17(25)12-7-5-6-8-13(12)19-14(22)10-21-16(24)15(23)20(18(21)26)9-11(2)3/h5-8,11H,4,9-10H2,1-3H3,(H,19,22). The maximum Gasteiger partial charge on any atom is 0.340 e. The molecule has 1 aliphatic heterocycles. The second kappa shape index (κ2) is 8.43. The van der Waals surface area contributed by atoms with Gasteiger partial charge in [0.05, 0.1) is 17.9 Å². The van der Waals surface area contributed by atoms with E-state index in [9.17, 15) is 24.0 Å². The van der Waals surface area contributed by atoms with Gasteiger partial charge in [0.2, 0.25) is 5.91 Å². The first-order valence-electron chi connectivity index (χ1n) is 8.49. The third kappa shape index (κ3) is 4.49. The normalized spacial score (nSPS) is 14.1. The van der Waals surface area contributed by atoms with Crippen LogP contribution in [0.3, 0.4) is 0 Å². The summed E-state index contributed by atoms with van der Waals surface area (Å²) < 4.78 is 4.92. The summed E-state index contributed by atoms with van der Waals surface area (Å²) in [4.78, 5) is 61.9. The van der Waals surface area contributed by atoms with Crippen molar-refractivity contribution in [2.24, 2.45) is 5.92 Å². The molecule has 0 spiro atoms. The molecule has 0 aliphatic carbocycles. The van der Waals surface area contributed by atoms with Gasteiger partial charge in [-0.2, -0.15) is 0 Å². The Labute approximate surface area is 156 Å². The van der Waals surface area contributed by atoms with E-state index in [1.165, 1.54) is 12.1 Å². The van der Waals surface area contributed by atoms with Gasteiger partial charge in [-0.15, -0.1) is 0 Å². The van der Waals surface area contributed by atoms with E-state index in [2.05, 4.69) is 5.32 Å². The highest BCUT2D eigenvalue weighted by Gasteiger charge is 2.45. The van der Waals surface area contributed by atoms with E-state index in [1.807, 2.05) is 0 Å². The highest BCUT2D eigenvalue weighted by Crippen LogP contribution is 2.18. The number of imide groups is 2. The lowest BCUT2D eigenvalue weighted by Crippen LogP contribution is -2.39. The molecule has 0 radical (unpaired) electrons. The summed E-state index contributed by atoms with van der Waals surface area (Å²) >= 11 is 0. The molecule has 0 aromatic heterocycles. The van der Waals surface area contributed by atoms with Crippen molar-refractivity contribution in [2.45, 2.75) is 20.8 Å². The molecule has 5 amide bonds. The highest BCUT2D eigenvalue weighted by molar-refractivity contribution is 6.45. The minimum Gasteiger partial charge on any atom is -0.462 e. The van der Waals surface area contributed by atoms with Crippen LogP contribution in [0.4, 0.5) is 10.5 Å². The molecule has 144 valence electrons. The lowest BCUT2D eigenvalue weighted by molar-refractivity contribution is -0.143. The molecule has 1 aromatic carbocycles. The van der Waals surface area contributed by atoms with Crippen molar-refractivity contribution in [1.82, 2.24) is 9.80 Å². The predicted molar refractivity (Wildman–Crippen MR) is 94.7 cm³/mol. The fourth-order valence-corrected chi connectivity index (χ4v) is 2.53. The summed E-state index contributed by atoms with van der Waals surface area (Å²) in [6.07, 6.45) is 0. The number of amides is 5. The second-order valence-electron chi connectivity index (χ2n) is 6.30. The fourth-order valence-electron chi connectivity index (χ4n) is 2.53. The topological polar surface area (TPSA) is 113 Å². The quantitative estimate of drug-likeness (QED) is 0.436. The zero-order valence-corrected chi connectivity index (χ0v) is 15.4. The molecule has 1 fully saturated rings. The average Bonchev–Trinajstić information content (AvgIpc) is 2.80. The zero-order chi connectivity index (χ0) is 20.1. The van der Waals surface area contributed by atoms with Gasteiger partial charge in [-0.3, -0.25) is 19.3 Å². The van der Waals surface area contributed by atoms with Crippen LogP contribution >= 0.6 is 0 Å². The average molecular weight is 375 g/mol. The summed E-state index contributed by atoms with van der Waals surface area (Å²) in [6.45, 7) is 4.89. The van der Waals surface area contributed by atoms with Gasteiger partial charge >= 0.3 is 23.8 Å². The number of nitrogens with zero attached hydrogens (tertiary/aromatic N) is 2. The Kier molecular flexibility index (Phi) is 6.27. The Morgan fingerprint density at radius 1 is 1.07 bits per heavy atom. The summed E-state index contributed by atoms with van der Waals surface area (Å²) in [7, 11) is 0. The number of nitrogens with one attached hydrogen (secondary N) is 1. The van der Waals surface area contributed by atoms with Crippen molar-refractivity contribution in [2.75, 3.05) is 25.0 Å². The largest absolute Gasteiger partial charge is 0.462 e. The van der Waals surface area contributed by atoms with E-state index >= 15 is 0 Å². The molecule has 27 heavy (non-hydrogen) atoms. The summed E-state index contributed by atoms with van der Waals surface area (Å²) in [5.74, 6) is -3.34. The maximum atomic E-state index is 12.3. The molecule has 9 heteroatoms. The van der Waals surface area contributed by atoms with Gasteiger partial charge in [0, 0.05) is 6.54 Å². The molecule has 0 unspecified atom stereocenters. The fraction of sp³-hybridized carbons (Fsp3) is 0.389. The van der Waals surface area contributed by atoms with E-state index in [-0.39, 0.29) is 30.3 Å². The molecule has 0 atom stereocenters. The number of hydrogen-bond donors (Lipinski definition) is 1. The van der Waals surface area contributed by atoms with E-state index in [0.717, 1.165) is 4.90 Å². The molecule has 1 saturated heterocycles. The minimum atomic E-state index is -1.05. The molecular weight excluding hydrogens is 354 g/mol. The van der Waals surface area contributed by atoms with Gasteiger partial charge in [-0.05, 0) is 25.0 Å². The van der Waals surface area contributed by atoms with E-state index in [1.54, 1.807) is 32.9 Å². The number of para-hydroxylation sites is 1. The first-order valence-corrected chi connectivity index (χ1v) is 8.49. The molecule has 1 N–H and O–H groups in total. The second-order valence-corrected chi connectivity index (χ2v) is 6.30. The first kappa shape index (κ1) is 20.1. The molecule has 0 saturated carbocycles. The number of rotatable bonds is 7. The number of ether oxygens (including phenoxy) is 1. The van der Waals surface area contributed by atoms with Crippen LogP contribution in [0.2, 0.25) is 0 Å². The van der Waals surface area contributed by atoms with Crippen molar-refractivity contribution in [1.29, 1.82) is 0 Å². The first-order chi connectivity index (χ1) is 12.8. The van der Waals surface area contributed by atoms with Crippen LogP contribution in [0.5, 0.6) is 0 Å². The third-order valence-corrected chi connectivity index (χ3v) is 3.68. The molecule has 1 aliphatic rings. The van der Waals surface area contributed by atoms with Gasteiger partial charge in [0.15, 0.2) is 0 Å². The van der Waals surface area contributed by atoms with Crippen LogP contribution in [0, 0.1) is 5.92 Å². The number of esters is 1. The minimum absolute atomic E-state index is 0.0177. The van der Waals surface area contributed by atoms with Gasteiger partial charge < -0.3 is 10.1 Å².